The first-order valence-electron chi connectivity index (χ1n) is 11.5. The van der Waals surface area contributed by atoms with E-state index in [1.807, 2.05) is 0 Å². The Labute approximate surface area is 196 Å². The summed E-state index contributed by atoms with van der Waals surface area (Å²) in [6, 6.07) is 4.56. The molecule has 1 aliphatic heterocycles. The fraction of sp³-hybridized carbons (Fsp3) is 0.625. The summed E-state index contributed by atoms with van der Waals surface area (Å²) in [4.78, 5) is 14.6. The van der Waals surface area contributed by atoms with Crippen molar-refractivity contribution < 1.29 is 9.53 Å². The number of nitrogens with one attached hydrogen (secondary N) is 1. The Kier molecular flexibility index (Phi) is 8.22. The molecule has 1 aliphatic rings. The number of benzene rings is 1. The zero-order chi connectivity index (χ0) is 23.3. The van der Waals surface area contributed by atoms with Gasteiger partial charge in [-0.05, 0) is 54.9 Å². The number of aromatic nitrogens is 3. The van der Waals surface area contributed by atoms with E-state index in [0.29, 0.717) is 25.5 Å². The molecule has 0 radical (unpaired) electrons. The molecule has 1 fully saturated rings. The Morgan fingerprint density at radius 2 is 1.81 bits per heavy atom. The highest BCUT2D eigenvalue weighted by Gasteiger charge is 2.20. The molecule has 0 atom stereocenters. The van der Waals surface area contributed by atoms with Gasteiger partial charge in [-0.1, -0.05) is 44.7 Å². The summed E-state index contributed by atoms with van der Waals surface area (Å²) in [5.41, 5.74) is 5.41. The van der Waals surface area contributed by atoms with Gasteiger partial charge in [-0.2, -0.15) is 0 Å². The summed E-state index contributed by atoms with van der Waals surface area (Å²) in [5, 5.41) is 12.5. The maximum atomic E-state index is 12.5. The van der Waals surface area contributed by atoms with Crippen LogP contribution in [0, 0.1) is 13.8 Å². The van der Waals surface area contributed by atoms with Gasteiger partial charge in [0.05, 0.1) is 19.0 Å². The molecule has 0 unspecified atom stereocenters. The Hall–Kier alpha value is -2.06. The number of ether oxygens (including phenoxy) is 1. The smallest absolute Gasteiger partial charge is 0.230 e. The number of carbonyl (C=O) groups excluding carboxylic acids is 1. The lowest BCUT2D eigenvalue weighted by molar-refractivity contribution is -0.118. The number of hydrogen-bond acceptors (Lipinski definition) is 6. The molecule has 32 heavy (non-hydrogen) atoms. The number of nitrogens with zero attached hydrogens (tertiary/aromatic N) is 4. The number of anilines is 1. The van der Waals surface area contributed by atoms with E-state index < -0.39 is 0 Å². The summed E-state index contributed by atoms with van der Waals surface area (Å²) >= 11 is 1.44. The molecular weight excluding hydrogens is 422 g/mol. The van der Waals surface area contributed by atoms with E-state index in [0.717, 1.165) is 37.2 Å². The second-order valence-electron chi connectivity index (χ2n) is 9.35. The fourth-order valence-electron chi connectivity index (χ4n) is 3.99. The molecule has 7 nitrogen and oxygen atoms in total. The zero-order valence-electron chi connectivity index (χ0n) is 20.3. The lowest BCUT2D eigenvalue weighted by Gasteiger charge is -2.27. The van der Waals surface area contributed by atoms with Crippen LogP contribution in [0.5, 0.6) is 0 Å². The lowest BCUT2D eigenvalue weighted by atomic mass is 9.83. The average molecular weight is 460 g/mol. The minimum absolute atomic E-state index is 0.0233. The number of carbonyl (C=O) groups is 1. The summed E-state index contributed by atoms with van der Waals surface area (Å²) in [6.45, 7) is 17.6. The molecule has 1 amide bonds. The fourth-order valence-corrected chi connectivity index (χ4v) is 4.82. The Morgan fingerprint density at radius 3 is 2.41 bits per heavy atom. The predicted octanol–water partition coefficient (Wildman–Crippen LogP) is 3.50. The van der Waals surface area contributed by atoms with Crippen LogP contribution in [0.2, 0.25) is 0 Å². The molecule has 176 valence electrons. The third-order valence-corrected chi connectivity index (χ3v) is 6.87. The quantitative estimate of drug-likeness (QED) is 0.609. The van der Waals surface area contributed by atoms with E-state index in [4.69, 9.17) is 4.74 Å². The molecule has 1 aromatic heterocycles. The molecule has 0 saturated carbocycles. The van der Waals surface area contributed by atoms with Gasteiger partial charge in [-0.3, -0.25) is 9.36 Å². The highest BCUT2D eigenvalue weighted by Crippen LogP contribution is 2.27. The Bertz CT molecular complexity index is 906. The van der Waals surface area contributed by atoms with Crippen molar-refractivity contribution in [3.8, 4) is 0 Å². The number of morpholine rings is 1. The Balaban J connectivity index is 1.52. The largest absolute Gasteiger partial charge is 0.378 e. The molecule has 8 heteroatoms. The first kappa shape index (κ1) is 24.6. The molecule has 1 saturated heterocycles. The number of rotatable bonds is 8. The van der Waals surface area contributed by atoms with Crippen molar-refractivity contribution in [3.63, 3.8) is 0 Å². The van der Waals surface area contributed by atoms with Crippen LogP contribution in [-0.4, -0.2) is 59.3 Å². The second-order valence-corrected chi connectivity index (χ2v) is 10.3. The van der Waals surface area contributed by atoms with Crippen LogP contribution in [0.4, 0.5) is 5.95 Å². The summed E-state index contributed by atoms with van der Waals surface area (Å²) in [7, 11) is 0. The van der Waals surface area contributed by atoms with Gasteiger partial charge in [0, 0.05) is 26.2 Å². The molecule has 1 aromatic carbocycles. The Morgan fingerprint density at radius 1 is 1.16 bits per heavy atom. The second kappa shape index (κ2) is 10.7. The van der Waals surface area contributed by atoms with Crippen molar-refractivity contribution in [1.82, 2.24) is 20.1 Å². The summed E-state index contributed by atoms with van der Waals surface area (Å²) < 4.78 is 7.50. The van der Waals surface area contributed by atoms with Crippen LogP contribution < -0.4 is 10.2 Å². The zero-order valence-corrected chi connectivity index (χ0v) is 21.1. The predicted molar refractivity (Wildman–Crippen MR) is 131 cm³/mol. The molecule has 0 bridgehead atoms. The van der Waals surface area contributed by atoms with Gasteiger partial charge in [-0.15, -0.1) is 10.2 Å². The van der Waals surface area contributed by atoms with Crippen LogP contribution >= 0.6 is 11.8 Å². The molecular formula is C24H37N5O2S. The monoisotopic (exact) mass is 459 g/mol. The van der Waals surface area contributed by atoms with Gasteiger partial charge in [0.1, 0.15) is 0 Å². The van der Waals surface area contributed by atoms with Crippen molar-refractivity contribution in [2.45, 2.75) is 65.1 Å². The highest BCUT2D eigenvalue weighted by molar-refractivity contribution is 7.99. The van der Waals surface area contributed by atoms with Gasteiger partial charge in [0.2, 0.25) is 11.9 Å². The molecule has 0 spiro atoms. The number of aryl methyl sites for hydroxylation is 2. The van der Waals surface area contributed by atoms with Crippen molar-refractivity contribution in [2.24, 2.45) is 0 Å². The van der Waals surface area contributed by atoms with E-state index >= 15 is 0 Å². The summed E-state index contributed by atoms with van der Waals surface area (Å²) in [5.74, 6) is 1.22. The maximum absolute atomic E-state index is 12.5. The van der Waals surface area contributed by atoms with E-state index in [2.05, 4.69) is 78.7 Å². The van der Waals surface area contributed by atoms with Crippen LogP contribution in [0.15, 0.2) is 17.3 Å². The van der Waals surface area contributed by atoms with Gasteiger partial charge in [-0.25, -0.2) is 0 Å². The minimum Gasteiger partial charge on any atom is -0.378 e. The first-order chi connectivity index (χ1) is 15.2. The minimum atomic E-state index is 0.0233. The van der Waals surface area contributed by atoms with Crippen molar-refractivity contribution in [2.75, 3.05) is 43.5 Å². The van der Waals surface area contributed by atoms with Crippen LogP contribution in [-0.2, 0) is 27.9 Å². The topological polar surface area (TPSA) is 72.3 Å². The number of amides is 1. The van der Waals surface area contributed by atoms with Gasteiger partial charge in [0.25, 0.3) is 0 Å². The van der Waals surface area contributed by atoms with Crippen LogP contribution in [0.3, 0.4) is 0 Å². The first-order valence-corrected chi connectivity index (χ1v) is 12.4. The van der Waals surface area contributed by atoms with E-state index in [9.17, 15) is 4.79 Å². The van der Waals surface area contributed by atoms with Crippen LogP contribution in [0.1, 0.15) is 49.9 Å². The highest BCUT2D eigenvalue weighted by atomic mass is 32.2. The van der Waals surface area contributed by atoms with Gasteiger partial charge < -0.3 is 15.0 Å². The van der Waals surface area contributed by atoms with Gasteiger partial charge >= 0.3 is 0 Å². The van der Waals surface area contributed by atoms with Crippen LogP contribution in [0.25, 0.3) is 0 Å². The van der Waals surface area contributed by atoms with E-state index in [1.165, 1.54) is 34.0 Å². The van der Waals surface area contributed by atoms with Crippen molar-refractivity contribution in [3.05, 3.63) is 34.4 Å². The van der Waals surface area contributed by atoms with Crippen molar-refractivity contribution in [1.29, 1.82) is 0 Å². The average Bonchev–Trinajstić information content (AvgIpc) is 3.17. The normalized spacial score (nSPS) is 14.6. The third kappa shape index (κ3) is 6.04. The maximum Gasteiger partial charge on any atom is 0.230 e. The molecule has 1 N–H and O–H groups in total. The number of thioether (sulfide) groups is 1. The SMILES string of the molecule is CCn1c(SCC(=O)NCCc2c(C)cc(C(C)(C)C)cc2C)nnc1N1CCOCC1. The molecule has 0 aliphatic carbocycles. The van der Waals surface area contributed by atoms with E-state index in [-0.39, 0.29) is 11.3 Å². The van der Waals surface area contributed by atoms with E-state index in [1.54, 1.807) is 0 Å². The molecule has 2 aromatic rings. The van der Waals surface area contributed by atoms with Crippen molar-refractivity contribution >= 4 is 23.6 Å². The molecule has 2 heterocycles. The lowest BCUT2D eigenvalue weighted by Crippen LogP contribution is -2.38. The summed E-state index contributed by atoms with van der Waals surface area (Å²) in [6.07, 6.45) is 0.838. The standard InChI is InChI=1S/C24H37N5O2S/c1-7-29-22(28-10-12-31-13-11-28)26-27-23(29)32-16-21(30)25-9-8-20-17(2)14-19(15-18(20)3)24(4,5)6/h14-15H,7-13,16H2,1-6H3,(H,25,30). The molecule has 3 rings (SSSR count). The third-order valence-electron chi connectivity index (χ3n) is 5.90. The van der Waals surface area contributed by atoms with Gasteiger partial charge in [0.15, 0.2) is 5.16 Å². The number of hydrogen-bond donors (Lipinski definition) is 1.